The minimum absolute atomic E-state index is 0.127. The predicted molar refractivity (Wildman–Crippen MR) is 66.9 cm³/mol. The highest BCUT2D eigenvalue weighted by molar-refractivity contribution is 7.90. The molecule has 4 nitrogen and oxygen atoms in total. The van der Waals surface area contributed by atoms with Crippen molar-refractivity contribution in [3.63, 3.8) is 0 Å². The Kier molecular flexibility index (Phi) is 4.76. The van der Waals surface area contributed by atoms with Crippen LogP contribution >= 0.6 is 0 Å². The molecule has 0 aromatic rings. The maximum Gasteiger partial charge on any atom is 0.214 e. The summed E-state index contributed by atoms with van der Waals surface area (Å²) in [6.07, 6.45) is 1.84. The van der Waals surface area contributed by atoms with Crippen molar-refractivity contribution in [1.29, 1.82) is 0 Å². The van der Waals surface area contributed by atoms with Gasteiger partial charge in [-0.25, -0.2) is 13.1 Å². The van der Waals surface area contributed by atoms with Crippen LogP contribution in [0.15, 0.2) is 0 Å². The van der Waals surface area contributed by atoms with Gasteiger partial charge in [0, 0.05) is 12.1 Å². The lowest BCUT2D eigenvalue weighted by Crippen LogP contribution is -2.47. The van der Waals surface area contributed by atoms with Crippen molar-refractivity contribution in [3.8, 4) is 0 Å². The molecule has 0 aromatic heterocycles. The zero-order valence-corrected chi connectivity index (χ0v) is 11.5. The van der Waals surface area contributed by atoms with Gasteiger partial charge in [0.2, 0.25) is 10.0 Å². The summed E-state index contributed by atoms with van der Waals surface area (Å²) in [5.74, 6) is 0. The zero-order valence-electron chi connectivity index (χ0n) is 10.7. The first-order chi connectivity index (χ1) is 7.33. The van der Waals surface area contributed by atoms with E-state index in [1.54, 1.807) is 13.8 Å². The summed E-state index contributed by atoms with van der Waals surface area (Å²) < 4.78 is 26.2. The SMILES string of the molecule is CC(C)N1CCC(NS(=O)(=O)C(C)C)CC1. The molecule has 0 aliphatic carbocycles. The van der Waals surface area contributed by atoms with E-state index < -0.39 is 10.0 Å². The average molecular weight is 248 g/mol. The Hall–Kier alpha value is -0.130. The molecule has 0 bridgehead atoms. The molecule has 1 aliphatic heterocycles. The molecule has 1 aliphatic rings. The number of likely N-dealkylation sites (tertiary alicyclic amines) is 1. The van der Waals surface area contributed by atoms with Crippen LogP contribution in [0.5, 0.6) is 0 Å². The summed E-state index contributed by atoms with van der Waals surface area (Å²) in [7, 11) is -3.10. The van der Waals surface area contributed by atoms with Crippen LogP contribution in [-0.4, -0.2) is 43.7 Å². The van der Waals surface area contributed by atoms with E-state index in [4.69, 9.17) is 0 Å². The van der Waals surface area contributed by atoms with E-state index in [1.807, 2.05) is 0 Å². The number of nitrogens with zero attached hydrogens (tertiary/aromatic N) is 1. The van der Waals surface area contributed by atoms with E-state index in [1.165, 1.54) is 0 Å². The van der Waals surface area contributed by atoms with Crippen molar-refractivity contribution in [2.75, 3.05) is 13.1 Å². The van der Waals surface area contributed by atoms with Gasteiger partial charge in [-0.3, -0.25) is 0 Å². The lowest BCUT2D eigenvalue weighted by Gasteiger charge is -2.34. The van der Waals surface area contributed by atoms with Gasteiger partial charge in [-0.05, 0) is 53.6 Å². The lowest BCUT2D eigenvalue weighted by atomic mass is 10.1. The van der Waals surface area contributed by atoms with Crippen molar-refractivity contribution < 1.29 is 8.42 Å². The van der Waals surface area contributed by atoms with E-state index >= 15 is 0 Å². The first kappa shape index (κ1) is 13.9. The maximum atomic E-state index is 11.7. The third-order valence-electron chi connectivity index (χ3n) is 3.21. The standard InChI is InChI=1S/C11H24N2O2S/c1-9(2)13-7-5-11(6-8-13)12-16(14,15)10(3)4/h9-12H,5-8H2,1-4H3. The molecule has 1 N–H and O–H groups in total. The number of sulfonamides is 1. The Balaban J connectivity index is 2.44. The van der Waals surface area contributed by atoms with Gasteiger partial charge in [0.15, 0.2) is 0 Å². The van der Waals surface area contributed by atoms with Crippen molar-refractivity contribution in [2.24, 2.45) is 0 Å². The molecular formula is C11H24N2O2S. The number of hydrogen-bond acceptors (Lipinski definition) is 3. The van der Waals surface area contributed by atoms with Gasteiger partial charge in [-0.15, -0.1) is 0 Å². The van der Waals surface area contributed by atoms with Gasteiger partial charge < -0.3 is 4.90 Å². The first-order valence-electron chi connectivity index (χ1n) is 6.08. The molecule has 0 aromatic carbocycles. The minimum atomic E-state index is -3.10. The van der Waals surface area contributed by atoms with E-state index in [-0.39, 0.29) is 11.3 Å². The van der Waals surface area contributed by atoms with Crippen LogP contribution in [0.4, 0.5) is 0 Å². The summed E-state index contributed by atoms with van der Waals surface area (Å²) in [6, 6.07) is 0.685. The molecule has 96 valence electrons. The second kappa shape index (κ2) is 5.47. The van der Waals surface area contributed by atoms with Crippen molar-refractivity contribution >= 4 is 10.0 Å². The normalized spacial score (nSPS) is 20.9. The Bertz CT molecular complexity index is 304. The molecule has 1 heterocycles. The largest absolute Gasteiger partial charge is 0.301 e. The lowest BCUT2D eigenvalue weighted by molar-refractivity contribution is 0.168. The van der Waals surface area contributed by atoms with Crippen LogP contribution in [0.3, 0.4) is 0 Å². The molecule has 0 atom stereocenters. The van der Waals surface area contributed by atoms with Gasteiger partial charge in [0.05, 0.1) is 5.25 Å². The summed E-state index contributed by atoms with van der Waals surface area (Å²) in [5, 5.41) is -0.337. The van der Waals surface area contributed by atoms with Crippen molar-refractivity contribution in [1.82, 2.24) is 9.62 Å². The van der Waals surface area contributed by atoms with Crippen LogP contribution in [0.2, 0.25) is 0 Å². The molecule has 1 saturated heterocycles. The van der Waals surface area contributed by atoms with E-state index in [9.17, 15) is 8.42 Å². The molecule has 0 unspecified atom stereocenters. The van der Waals surface area contributed by atoms with E-state index in [2.05, 4.69) is 23.5 Å². The van der Waals surface area contributed by atoms with Crippen LogP contribution in [-0.2, 0) is 10.0 Å². The van der Waals surface area contributed by atoms with Crippen LogP contribution in [0, 0.1) is 0 Å². The fraction of sp³-hybridized carbons (Fsp3) is 1.00. The fourth-order valence-electron chi connectivity index (χ4n) is 1.90. The summed E-state index contributed by atoms with van der Waals surface area (Å²) in [5.41, 5.74) is 0. The summed E-state index contributed by atoms with van der Waals surface area (Å²) >= 11 is 0. The van der Waals surface area contributed by atoms with Gasteiger partial charge in [0.25, 0.3) is 0 Å². The Labute approximate surface area is 99.5 Å². The number of nitrogens with one attached hydrogen (secondary N) is 1. The number of rotatable bonds is 4. The van der Waals surface area contributed by atoms with Gasteiger partial charge in [0.1, 0.15) is 0 Å². The van der Waals surface area contributed by atoms with Crippen LogP contribution in [0.1, 0.15) is 40.5 Å². The molecule has 0 amide bonds. The third-order valence-corrected chi connectivity index (χ3v) is 5.11. The molecule has 0 spiro atoms. The highest BCUT2D eigenvalue weighted by Crippen LogP contribution is 2.14. The molecule has 16 heavy (non-hydrogen) atoms. The third kappa shape index (κ3) is 3.71. The predicted octanol–water partition coefficient (Wildman–Crippen LogP) is 1.19. The molecular weight excluding hydrogens is 224 g/mol. The van der Waals surface area contributed by atoms with E-state index in [0.717, 1.165) is 25.9 Å². The molecule has 1 rings (SSSR count). The van der Waals surface area contributed by atoms with Gasteiger partial charge >= 0.3 is 0 Å². The highest BCUT2D eigenvalue weighted by Gasteiger charge is 2.25. The number of piperidine rings is 1. The number of hydrogen-bond donors (Lipinski definition) is 1. The van der Waals surface area contributed by atoms with Gasteiger partial charge in [-0.2, -0.15) is 0 Å². The Morgan fingerprint density at radius 1 is 1.12 bits per heavy atom. The monoisotopic (exact) mass is 248 g/mol. The quantitative estimate of drug-likeness (QED) is 0.813. The first-order valence-corrected chi connectivity index (χ1v) is 7.62. The summed E-state index contributed by atoms with van der Waals surface area (Å²) in [6.45, 7) is 9.76. The Morgan fingerprint density at radius 2 is 1.62 bits per heavy atom. The topological polar surface area (TPSA) is 49.4 Å². The van der Waals surface area contributed by atoms with Crippen LogP contribution < -0.4 is 4.72 Å². The van der Waals surface area contributed by atoms with Crippen LogP contribution in [0.25, 0.3) is 0 Å². The second-order valence-electron chi connectivity index (χ2n) is 5.12. The highest BCUT2D eigenvalue weighted by atomic mass is 32.2. The Morgan fingerprint density at radius 3 is 2.00 bits per heavy atom. The molecule has 0 saturated carbocycles. The molecule has 5 heteroatoms. The fourth-order valence-corrected chi connectivity index (χ4v) is 2.87. The van der Waals surface area contributed by atoms with Gasteiger partial charge in [-0.1, -0.05) is 0 Å². The second-order valence-corrected chi connectivity index (χ2v) is 7.38. The smallest absolute Gasteiger partial charge is 0.214 e. The van der Waals surface area contributed by atoms with Crippen molar-refractivity contribution in [3.05, 3.63) is 0 Å². The minimum Gasteiger partial charge on any atom is -0.301 e. The molecule has 0 radical (unpaired) electrons. The molecule has 1 fully saturated rings. The average Bonchev–Trinajstić information content (AvgIpc) is 2.17. The maximum absolute atomic E-state index is 11.7. The summed E-state index contributed by atoms with van der Waals surface area (Å²) in [4.78, 5) is 2.39. The van der Waals surface area contributed by atoms with E-state index in [0.29, 0.717) is 6.04 Å². The van der Waals surface area contributed by atoms with Crippen molar-refractivity contribution in [2.45, 2.75) is 57.9 Å². The zero-order chi connectivity index (χ0) is 12.3.